The average Bonchev–Trinajstić information content (AvgIpc) is 3.17. The number of rotatable bonds is 5. The van der Waals surface area contributed by atoms with Crippen LogP contribution < -0.4 is 5.01 Å². The van der Waals surface area contributed by atoms with Crippen LogP contribution in [0, 0.1) is 13.8 Å². The minimum absolute atomic E-state index is 0.214. The van der Waals surface area contributed by atoms with Crippen molar-refractivity contribution in [2.45, 2.75) is 27.2 Å². The normalized spacial score (nSPS) is 13.7. The van der Waals surface area contributed by atoms with Crippen molar-refractivity contribution < 1.29 is 14.3 Å². The summed E-state index contributed by atoms with van der Waals surface area (Å²) in [6, 6.07) is 8.81. The Morgan fingerprint density at radius 2 is 1.92 bits per heavy atom. The Hall–Kier alpha value is -2.89. The van der Waals surface area contributed by atoms with Gasteiger partial charge < -0.3 is 9.72 Å². The van der Waals surface area contributed by atoms with Crippen molar-refractivity contribution in [3.63, 3.8) is 0 Å². The van der Waals surface area contributed by atoms with E-state index < -0.39 is 5.97 Å². The number of aromatic nitrogens is 1. The highest BCUT2D eigenvalue weighted by molar-refractivity contribution is 6.00. The van der Waals surface area contributed by atoms with Crippen molar-refractivity contribution >= 4 is 23.2 Å². The summed E-state index contributed by atoms with van der Waals surface area (Å²) in [4.78, 5) is 27.4. The number of Topliss-reactive ketones (excluding diaryl/α,β-unsaturated/α-hetero) is 1. The molecule has 1 aromatic carbocycles. The number of hydrogen-bond donors (Lipinski definition) is 1. The zero-order valence-electron chi connectivity index (χ0n) is 14.6. The predicted molar refractivity (Wildman–Crippen MR) is 96.4 cm³/mol. The van der Waals surface area contributed by atoms with Gasteiger partial charge in [-0.25, -0.2) is 4.79 Å². The quantitative estimate of drug-likeness (QED) is 0.670. The molecule has 0 unspecified atom stereocenters. The molecule has 0 aliphatic carbocycles. The number of esters is 1. The summed E-state index contributed by atoms with van der Waals surface area (Å²) >= 11 is 0. The molecule has 1 aliphatic heterocycles. The van der Waals surface area contributed by atoms with Crippen LogP contribution in [0.1, 0.15) is 45.4 Å². The number of nitrogens with zero attached hydrogens (tertiary/aromatic N) is 2. The molecule has 2 heterocycles. The third-order valence-corrected chi connectivity index (χ3v) is 4.16. The summed E-state index contributed by atoms with van der Waals surface area (Å²) in [5.74, 6) is -0.723. The number of ketones is 1. The van der Waals surface area contributed by atoms with Crippen LogP contribution >= 0.6 is 0 Å². The van der Waals surface area contributed by atoms with Gasteiger partial charge >= 0.3 is 5.97 Å². The highest BCUT2D eigenvalue weighted by atomic mass is 16.5. The van der Waals surface area contributed by atoms with Crippen molar-refractivity contribution in [3.8, 4) is 0 Å². The summed E-state index contributed by atoms with van der Waals surface area (Å²) in [5, 5.41) is 6.33. The molecule has 0 spiro atoms. The maximum absolute atomic E-state index is 12.2. The lowest BCUT2D eigenvalue weighted by atomic mass is 10.1. The lowest BCUT2D eigenvalue weighted by molar-refractivity contribution is 0.0474. The van der Waals surface area contributed by atoms with Crippen LogP contribution in [-0.4, -0.2) is 35.6 Å². The Morgan fingerprint density at radius 1 is 1.20 bits per heavy atom. The first-order valence-corrected chi connectivity index (χ1v) is 8.22. The van der Waals surface area contributed by atoms with Crippen LogP contribution in [-0.2, 0) is 4.74 Å². The molecule has 25 heavy (non-hydrogen) atoms. The smallest absolute Gasteiger partial charge is 0.338 e. The number of aromatic amines is 1. The van der Waals surface area contributed by atoms with Crippen LogP contribution in [0.3, 0.4) is 0 Å². The molecule has 3 rings (SSSR count). The number of aryl methyl sites for hydroxylation is 2. The molecular formula is C19H21N3O3. The van der Waals surface area contributed by atoms with Crippen molar-refractivity contribution in [1.29, 1.82) is 0 Å². The number of benzene rings is 1. The molecule has 0 bridgehead atoms. The van der Waals surface area contributed by atoms with Gasteiger partial charge in [-0.3, -0.25) is 9.80 Å². The topological polar surface area (TPSA) is 74.8 Å². The zero-order chi connectivity index (χ0) is 18.0. The second kappa shape index (κ2) is 6.93. The van der Waals surface area contributed by atoms with E-state index in [0.29, 0.717) is 11.1 Å². The minimum atomic E-state index is -0.508. The predicted octanol–water partition coefficient (Wildman–Crippen LogP) is 3.26. The van der Waals surface area contributed by atoms with E-state index in [1.165, 1.54) is 0 Å². The summed E-state index contributed by atoms with van der Waals surface area (Å²) in [6.45, 7) is 6.27. The highest BCUT2D eigenvalue weighted by Crippen LogP contribution is 2.20. The van der Waals surface area contributed by atoms with E-state index >= 15 is 0 Å². The lowest BCUT2D eigenvalue weighted by Crippen LogP contribution is -2.15. The van der Waals surface area contributed by atoms with E-state index in [1.807, 2.05) is 37.9 Å². The summed E-state index contributed by atoms with van der Waals surface area (Å²) < 4.78 is 5.15. The van der Waals surface area contributed by atoms with Crippen LogP contribution in [0.15, 0.2) is 35.4 Å². The summed E-state index contributed by atoms with van der Waals surface area (Å²) in [5.41, 5.74) is 4.69. The zero-order valence-corrected chi connectivity index (χ0v) is 14.6. The molecule has 0 amide bonds. The Balaban J connectivity index is 1.60. The van der Waals surface area contributed by atoms with Crippen LogP contribution in [0.2, 0.25) is 0 Å². The molecule has 1 N–H and O–H groups in total. The molecular weight excluding hydrogens is 318 g/mol. The van der Waals surface area contributed by atoms with Gasteiger partial charge in [0.1, 0.15) is 0 Å². The fourth-order valence-corrected chi connectivity index (χ4v) is 2.84. The highest BCUT2D eigenvalue weighted by Gasteiger charge is 2.16. The average molecular weight is 339 g/mol. The van der Waals surface area contributed by atoms with Gasteiger partial charge in [-0.2, -0.15) is 5.10 Å². The molecule has 1 aromatic heterocycles. The third kappa shape index (κ3) is 3.79. The lowest BCUT2D eigenvalue weighted by Gasteiger charge is -2.13. The number of H-pyrrole nitrogens is 1. The molecule has 0 saturated carbocycles. The molecule has 0 saturated heterocycles. The first-order chi connectivity index (χ1) is 11.9. The van der Waals surface area contributed by atoms with Crippen molar-refractivity contribution in [2.24, 2.45) is 5.10 Å². The van der Waals surface area contributed by atoms with E-state index in [1.54, 1.807) is 18.2 Å². The van der Waals surface area contributed by atoms with Crippen LogP contribution in [0.4, 0.5) is 5.69 Å². The maximum Gasteiger partial charge on any atom is 0.338 e. The monoisotopic (exact) mass is 339 g/mol. The Kier molecular flexibility index (Phi) is 4.70. The first-order valence-electron chi connectivity index (χ1n) is 8.22. The van der Waals surface area contributed by atoms with E-state index in [0.717, 1.165) is 35.8 Å². The molecule has 6 nitrogen and oxygen atoms in total. The molecule has 130 valence electrons. The fraction of sp³-hybridized carbons (Fsp3) is 0.316. The van der Waals surface area contributed by atoms with Crippen molar-refractivity contribution in [1.82, 2.24) is 4.98 Å². The Bertz CT molecular complexity index is 834. The standard InChI is InChI=1S/C19H21N3O3/c1-12-8-9-22(21-12)16-6-4-15(5-7-16)19(24)25-11-18(23)17-10-13(2)20-14(17)3/h4-7,10,20H,8-9,11H2,1-3H3. The van der Waals surface area contributed by atoms with Gasteiger partial charge in [0.25, 0.3) is 0 Å². The van der Waals surface area contributed by atoms with Crippen LogP contribution in [0.25, 0.3) is 0 Å². The number of carbonyl (C=O) groups excluding carboxylic acids is 2. The first kappa shape index (κ1) is 17.0. The number of carbonyl (C=O) groups is 2. The number of ether oxygens (including phenoxy) is 1. The van der Waals surface area contributed by atoms with E-state index in [4.69, 9.17) is 4.74 Å². The Morgan fingerprint density at radius 3 is 2.48 bits per heavy atom. The number of anilines is 1. The molecule has 0 atom stereocenters. The summed E-state index contributed by atoms with van der Waals surface area (Å²) in [6.07, 6.45) is 0.948. The number of hydrazone groups is 1. The maximum atomic E-state index is 12.2. The Labute approximate surface area is 146 Å². The molecule has 6 heteroatoms. The number of hydrogen-bond acceptors (Lipinski definition) is 5. The fourth-order valence-electron chi connectivity index (χ4n) is 2.84. The molecule has 0 radical (unpaired) electrons. The van der Waals surface area contributed by atoms with Gasteiger partial charge in [0.05, 0.1) is 11.3 Å². The molecule has 2 aromatic rings. The minimum Gasteiger partial charge on any atom is -0.454 e. The van der Waals surface area contributed by atoms with Gasteiger partial charge in [-0.05, 0) is 51.1 Å². The largest absolute Gasteiger partial charge is 0.454 e. The summed E-state index contributed by atoms with van der Waals surface area (Å²) in [7, 11) is 0. The SMILES string of the molecule is CC1=NN(c2ccc(C(=O)OCC(=O)c3cc(C)[nH]c3C)cc2)CC1. The van der Waals surface area contributed by atoms with Crippen LogP contribution in [0.5, 0.6) is 0 Å². The van der Waals surface area contributed by atoms with Gasteiger partial charge in [0.2, 0.25) is 5.78 Å². The van der Waals surface area contributed by atoms with Gasteiger partial charge in [0, 0.05) is 35.6 Å². The molecule has 0 fully saturated rings. The third-order valence-electron chi connectivity index (χ3n) is 4.16. The second-order valence-corrected chi connectivity index (χ2v) is 6.25. The van der Waals surface area contributed by atoms with Crippen molar-refractivity contribution in [2.75, 3.05) is 18.2 Å². The molecule has 1 aliphatic rings. The van der Waals surface area contributed by atoms with Crippen molar-refractivity contribution in [3.05, 3.63) is 52.8 Å². The van der Waals surface area contributed by atoms with E-state index in [9.17, 15) is 9.59 Å². The second-order valence-electron chi connectivity index (χ2n) is 6.25. The van der Waals surface area contributed by atoms with E-state index in [2.05, 4.69) is 10.1 Å². The van der Waals surface area contributed by atoms with Gasteiger partial charge in [-0.15, -0.1) is 0 Å². The number of nitrogens with one attached hydrogen (secondary N) is 1. The van der Waals surface area contributed by atoms with E-state index in [-0.39, 0.29) is 12.4 Å². The van der Waals surface area contributed by atoms with Gasteiger partial charge in [0.15, 0.2) is 6.61 Å². The van der Waals surface area contributed by atoms with Gasteiger partial charge in [-0.1, -0.05) is 0 Å².